The van der Waals surface area contributed by atoms with Gasteiger partial charge in [0, 0.05) is 31.4 Å². The fourth-order valence-corrected chi connectivity index (χ4v) is 2.18. The van der Waals surface area contributed by atoms with Crippen molar-refractivity contribution in [2.24, 2.45) is 5.92 Å². The van der Waals surface area contributed by atoms with E-state index in [2.05, 4.69) is 9.72 Å². The summed E-state index contributed by atoms with van der Waals surface area (Å²) in [5, 5.41) is 0. The SMILES string of the molecule is COC(=O)C1CN(C(=O)Cc2ccccn2)CCC1=O. The molecule has 1 saturated heterocycles. The highest BCUT2D eigenvalue weighted by Gasteiger charge is 2.35. The second-order valence-corrected chi connectivity index (χ2v) is 4.63. The number of methoxy groups -OCH3 is 1. The molecule has 2 rings (SSSR count). The molecule has 1 amide bonds. The molecule has 1 fully saturated rings. The van der Waals surface area contributed by atoms with Crippen molar-refractivity contribution in [3.8, 4) is 0 Å². The molecular formula is C14H16N2O4. The van der Waals surface area contributed by atoms with E-state index in [9.17, 15) is 14.4 Å². The van der Waals surface area contributed by atoms with Gasteiger partial charge in [0.25, 0.3) is 0 Å². The Morgan fingerprint density at radius 1 is 1.45 bits per heavy atom. The zero-order valence-corrected chi connectivity index (χ0v) is 11.2. The maximum Gasteiger partial charge on any atom is 0.318 e. The van der Waals surface area contributed by atoms with E-state index in [0.717, 1.165) is 0 Å². The van der Waals surface area contributed by atoms with Gasteiger partial charge in [0.15, 0.2) is 5.78 Å². The van der Waals surface area contributed by atoms with Crippen LogP contribution in [0.4, 0.5) is 0 Å². The van der Waals surface area contributed by atoms with E-state index in [1.807, 2.05) is 6.07 Å². The average Bonchev–Trinajstić information content (AvgIpc) is 2.48. The highest BCUT2D eigenvalue weighted by molar-refractivity contribution is 6.00. The van der Waals surface area contributed by atoms with Gasteiger partial charge in [-0.25, -0.2) is 0 Å². The molecule has 1 atom stereocenters. The molecule has 6 nitrogen and oxygen atoms in total. The maximum absolute atomic E-state index is 12.2. The highest BCUT2D eigenvalue weighted by atomic mass is 16.5. The lowest BCUT2D eigenvalue weighted by Gasteiger charge is -2.30. The van der Waals surface area contributed by atoms with Crippen LogP contribution in [0.1, 0.15) is 12.1 Å². The molecule has 0 bridgehead atoms. The average molecular weight is 276 g/mol. The van der Waals surface area contributed by atoms with E-state index in [-0.39, 0.29) is 31.1 Å². The van der Waals surface area contributed by atoms with Crippen molar-refractivity contribution < 1.29 is 19.1 Å². The second-order valence-electron chi connectivity index (χ2n) is 4.63. The van der Waals surface area contributed by atoms with Gasteiger partial charge in [-0.15, -0.1) is 0 Å². The number of piperidine rings is 1. The topological polar surface area (TPSA) is 76.6 Å². The first-order valence-electron chi connectivity index (χ1n) is 6.40. The number of ether oxygens (including phenoxy) is 1. The third kappa shape index (κ3) is 3.20. The van der Waals surface area contributed by atoms with E-state index in [1.54, 1.807) is 18.3 Å². The zero-order valence-electron chi connectivity index (χ0n) is 11.2. The van der Waals surface area contributed by atoms with Gasteiger partial charge >= 0.3 is 5.97 Å². The number of likely N-dealkylation sites (tertiary alicyclic amines) is 1. The summed E-state index contributed by atoms with van der Waals surface area (Å²) >= 11 is 0. The lowest BCUT2D eigenvalue weighted by atomic mass is 9.96. The van der Waals surface area contributed by atoms with Gasteiger partial charge in [-0.05, 0) is 12.1 Å². The Kier molecular flexibility index (Phi) is 4.45. The number of aromatic nitrogens is 1. The van der Waals surface area contributed by atoms with Crippen molar-refractivity contribution in [1.29, 1.82) is 0 Å². The summed E-state index contributed by atoms with van der Waals surface area (Å²) in [6.45, 7) is 0.440. The Bertz CT molecular complexity index is 507. The van der Waals surface area contributed by atoms with Crippen molar-refractivity contribution in [3.05, 3.63) is 30.1 Å². The lowest BCUT2D eigenvalue weighted by Crippen LogP contribution is -2.47. The molecule has 20 heavy (non-hydrogen) atoms. The normalized spacial score (nSPS) is 18.8. The predicted molar refractivity (Wildman–Crippen MR) is 69.7 cm³/mol. The van der Waals surface area contributed by atoms with Crippen molar-refractivity contribution in [2.75, 3.05) is 20.2 Å². The fraction of sp³-hybridized carbons (Fsp3) is 0.429. The van der Waals surface area contributed by atoms with E-state index >= 15 is 0 Å². The van der Waals surface area contributed by atoms with Crippen LogP contribution in [-0.2, 0) is 25.5 Å². The first-order chi connectivity index (χ1) is 9.61. The molecule has 0 aliphatic carbocycles. The van der Waals surface area contributed by atoms with E-state index in [1.165, 1.54) is 12.0 Å². The van der Waals surface area contributed by atoms with Gasteiger partial charge in [-0.2, -0.15) is 0 Å². The minimum absolute atomic E-state index is 0.0944. The Morgan fingerprint density at radius 2 is 2.25 bits per heavy atom. The maximum atomic E-state index is 12.2. The number of hydrogen-bond donors (Lipinski definition) is 0. The summed E-state index contributed by atoms with van der Waals surface area (Å²) in [7, 11) is 1.24. The van der Waals surface area contributed by atoms with Gasteiger partial charge in [0.1, 0.15) is 5.92 Å². The third-order valence-electron chi connectivity index (χ3n) is 3.32. The van der Waals surface area contributed by atoms with Crippen LogP contribution in [0, 0.1) is 5.92 Å². The number of esters is 1. The summed E-state index contributed by atoms with van der Waals surface area (Å²) in [6.07, 6.45) is 1.98. The molecule has 0 radical (unpaired) electrons. The number of Topliss-reactive ketones (excluding diaryl/α,β-unsaturated/α-hetero) is 1. The van der Waals surface area contributed by atoms with Crippen molar-refractivity contribution >= 4 is 17.7 Å². The van der Waals surface area contributed by atoms with Crippen LogP contribution >= 0.6 is 0 Å². The molecule has 0 N–H and O–H groups in total. The molecule has 1 aliphatic heterocycles. The number of pyridine rings is 1. The Balaban J connectivity index is 2.00. The largest absolute Gasteiger partial charge is 0.468 e. The van der Waals surface area contributed by atoms with Crippen LogP contribution in [0.3, 0.4) is 0 Å². The molecule has 0 aromatic carbocycles. The van der Waals surface area contributed by atoms with Gasteiger partial charge in [-0.1, -0.05) is 6.07 Å². The Labute approximate surface area is 116 Å². The number of carbonyl (C=O) groups is 3. The van der Waals surface area contributed by atoms with Crippen LogP contribution in [0.25, 0.3) is 0 Å². The number of carbonyl (C=O) groups excluding carboxylic acids is 3. The summed E-state index contributed by atoms with van der Waals surface area (Å²) in [6, 6.07) is 5.36. The quantitative estimate of drug-likeness (QED) is 0.583. The van der Waals surface area contributed by atoms with Crippen LogP contribution in [-0.4, -0.2) is 47.7 Å². The predicted octanol–water partition coefficient (Wildman–Crippen LogP) is 0.215. The van der Waals surface area contributed by atoms with Gasteiger partial charge in [0.05, 0.1) is 13.5 Å². The van der Waals surface area contributed by atoms with Crippen LogP contribution < -0.4 is 0 Å². The number of nitrogens with zero attached hydrogens (tertiary/aromatic N) is 2. The van der Waals surface area contributed by atoms with E-state index in [0.29, 0.717) is 12.2 Å². The molecule has 6 heteroatoms. The van der Waals surface area contributed by atoms with Crippen LogP contribution in [0.2, 0.25) is 0 Å². The number of hydrogen-bond acceptors (Lipinski definition) is 5. The highest BCUT2D eigenvalue weighted by Crippen LogP contribution is 2.15. The van der Waals surface area contributed by atoms with Gasteiger partial charge in [-0.3, -0.25) is 19.4 Å². The molecule has 1 aromatic rings. The monoisotopic (exact) mass is 276 g/mol. The van der Waals surface area contributed by atoms with Crippen LogP contribution in [0.15, 0.2) is 24.4 Å². The summed E-state index contributed by atoms with van der Waals surface area (Å²) < 4.78 is 4.60. The molecular weight excluding hydrogens is 260 g/mol. The molecule has 106 valence electrons. The number of amides is 1. The minimum Gasteiger partial charge on any atom is -0.468 e. The summed E-state index contributed by atoms with van der Waals surface area (Å²) in [4.78, 5) is 41.0. The lowest BCUT2D eigenvalue weighted by molar-refractivity contribution is -0.153. The van der Waals surface area contributed by atoms with Crippen molar-refractivity contribution in [1.82, 2.24) is 9.88 Å². The fourth-order valence-electron chi connectivity index (χ4n) is 2.18. The standard InChI is InChI=1S/C14H16N2O4/c1-20-14(19)11-9-16(7-5-12(11)17)13(18)8-10-4-2-3-6-15-10/h2-4,6,11H,5,7-9H2,1H3. The molecule has 0 spiro atoms. The first-order valence-corrected chi connectivity index (χ1v) is 6.40. The Hall–Kier alpha value is -2.24. The third-order valence-corrected chi connectivity index (χ3v) is 3.32. The zero-order chi connectivity index (χ0) is 14.5. The second kappa shape index (κ2) is 6.27. The minimum atomic E-state index is -0.860. The van der Waals surface area contributed by atoms with Crippen molar-refractivity contribution in [3.63, 3.8) is 0 Å². The molecule has 1 unspecified atom stereocenters. The molecule has 2 heterocycles. The van der Waals surface area contributed by atoms with Gasteiger partial charge in [0.2, 0.25) is 5.91 Å². The molecule has 1 aromatic heterocycles. The Morgan fingerprint density at radius 3 is 2.90 bits per heavy atom. The smallest absolute Gasteiger partial charge is 0.318 e. The van der Waals surface area contributed by atoms with Crippen LogP contribution in [0.5, 0.6) is 0 Å². The number of ketones is 1. The summed E-state index contributed by atoms with van der Waals surface area (Å²) in [5.41, 5.74) is 0.670. The molecule has 1 aliphatic rings. The van der Waals surface area contributed by atoms with E-state index < -0.39 is 11.9 Å². The number of rotatable bonds is 3. The van der Waals surface area contributed by atoms with Crippen molar-refractivity contribution in [2.45, 2.75) is 12.8 Å². The van der Waals surface area contributed by atoms with E-state index in [4.69, 9.17) is 0 Å². The summed E-state index contributed by atoms with van der Waals surface area (Å²) in [5.74, 6) is -1.74. The van der Waals surface area contributed by atoms with Gasteiger partial charge < -0.3 is 9.64 Å². The molecule has 0 saturated carbocycles. The first kappa shape index (κ1) is 14.2.